The molecule has 2 aromatic carbocycles. The van der Waals surface area contributed by atoms with Crippen molar-refractivity contribution in [1.82, 2.24) is 29.5 Å². The molecular formula is C32H28ClF3N8O3S. The number of carboxylic acid groups (broad SMARTS) is 1. The third kappa shape index (κ3) is 6.16. The lowest BCUT2D eigenvalue weighted by Crippen LogP contribution is -2.53. The molecule has 48 heavy (non-hydrogen) atoms. The number of hydrogen-bond acceptors (Lipinski definition) is 8. The van der Waals surface area contributed by atoms with Crippen LogP contribution in [0.3, 0.4) is 0 Å². The van der Waals surface area contributed by atoms with Crippen LogP contribution in [0.1, 0.15) is 45.6 Å². The molecule has 7 rings (SSSR count). The van der Waals surface area contributed by atoms with Crippen LogP contribution in [0.15, 0.2) is 77.0 Å². The number of urea groups is 1. The van der Waals surface area contributed by atoms with Gasteiger partial charge in [0.25, 0.3) is 0 Å². The maximum Gasteiger partial charge on any atom is 0.335 e. The SMILES string of the molecule is O=C(O)c1ccc(NC(=O)N2CCN([C@H]3CC4=C(c5ccn(C(F)F)n5)[C@H](c5ccc(F)cc5Cl)N=C(c5nccs5)N4C3)CC2)cc1. The van der Waals surface area contributed by atoms with Crippen molar-refractivity contribution in [3.63, 3.8) is 0 Å². The van der Waals surface area contributed by atoms with Crippen LogP contribution in [0.2, 0.25) is 5.02 Å². The summed E-state index contributed by atoms with van der Waals surface area (Å²) in [5.41, 5.74) is 2.92. The van der Waals surface area contributed by atoms with Crippen LogP contribution in [-0.2, 0) is 0 Å². The summed E-state index contributed by atoms with van der Waals surface area (Å²) in [5.74, 6) is -0.944. The first kappa shape index (κ1) is 31.8. The smallest absolute Gasteiger partial charge is 0.335 e. The van der Waals surface area contributed by atoms with Gasteiger partial charge in [-0.3, -0.25) is 9.89 Å². The van der Waals surface area contributed by atoms with Gasteiger partial charge in [-0.25, -0.2) is 23.6 Å². The van der Waals surface area contributed by atoms with Crippen LogP contribution >= 0.6 is 22.9 Å². The van der Waals surface area contributed by atoms with E-state index >= 15 is 0 Å². The van der Waals surface area contributed by atoms with Crippen molar-refractivity contribution < 1.29 is 27.9 Å². The number of amides is 2. The summed E-state index contributed by atoms with van der Waals surface area (Å²) in [6, 6.07) is 10.5. The number of nitrogens with zero attached hydrogens (tertiary/aromatic N) is 7. The molecule has 3 aliphatic heterocycles. The summed E-state index contributed by atoms with van der Waals surface area (Å²) in [7, 11) is 0. The first-order valence-corrected chi connectivity index (χ1v) is 16.3. The van der Waals surface area contributed by atoms with Gasteiger partial charge in [0.15, 0.2) is 10.8 Å². The molecule has 2 fully saturated rings. The first-order valence-electron chi connectivity index (χ1n) is 15.1. The number of aromatic nitrogens is 3. The third-order valence-corrected chi connectivity index (χ3v) is 9.80. The lowest BCUT2D eigenvalue weighted by molar-refractivity contribution is 0.0564. The molecule has 4 aromatic rings. The predicted molar refractivity (Wildman–Crippen MR) is 174 cm³/mol. The number of aromatic carboxylic acids is 1. The summed E-state index contributed by atoms with van der Waals surface area (Å²) in [4.78, 5) is 39.8. The molecule has 0 bridgehead atoms. The van der Waals surface area contributed by atoms with Gasteiger partial charge >= 0.3 is 18.5 Å². The van der Waals surface area contributed by atoms with E-state index in [1.165, 1.54) is 47.9 Å². The number of thiazole rings is 1. The number of carbonyl (C=O) groups excluding carboxylic acids is 1. The number of anilines is 1. The minimum absolute atomic E-state index is 0.00596. The Balaban J connectivity index is 1.17. The number of fused-ring (bicyclic) bond motifs is 1. The van der Waals surface area contributed by atoms with Crippen molar-refractivity contribution in [3.8, 4) is 0 Å². The summed E-state index contributed by atoms with van der Waals surface area (Å²) in [6.45, 7) is -0.200. The number of aliphatic imine (C=N–C) groups is 1. The lowest BCUT2D eigenvalue weighted by Gasteiger charge is -2.37. The van der Waals surface area contributed by atoms with Crippen LogP contribution in [0.5, 0.6) is 0 Å². The van der Waals surface area contributed by atoms with E-state index in [-0.39, 0.29) is 22.7 Å². The van der Waals surface area contributed by atoms with Crippen LogP contribution in [0, 0.1) is 5.82 Å². The maximum absolute atomic E-state index is 14.1. The molecule has 16 heteroatoms. The molecule has 0 saturated carbocycles. The van der Waals surface area contributed by atoms with Crippen molar-refractivity contribution in [3.05, 3.63) is 105 Å². The van der Waals surface area contributed by atoms with E-state index in [4.69, 9.17) is 21.7 Å². The molecule has 2 atom stereocenters. The van der Waals surface area contributed by atoms with E-state index in [2.05, 4.69) is 25.2 Å². The van der Waals surface area contributed by atoms with Crippen molar-refractivity contribution in [2.24, 2.45) is 4.99 Å². The topological polar surface area (TPSA) is 119 Å². The lowest BCUT2D eigenvalue weighted by atomic mass is 9.92. The highest BCUT2D eigenvalue weighted by molar-refractivity contribution is 7.11. The van der Waals surface area contributed by atoms with Crippen molar-refractivity contribution in [2.75, 3.05) is 38.0 Å². The van der Waals surface area contributed by atoms with Gasteiger partial charge in [0.2, 0.25) is 0 Å². The highest BCUT2D eigenvalue weighted by Crippen LogP contribution is 2.47. The number of alkyl halides is 2. The quantitative estimate of drug-likeness (QED) is 0.241. The van der Waals surface area contributed by atoms with E-state index in [1.54, 1.807) is 29.3 Å². The fraction of sp³-hybridized carbons (Fsp3) is 0.281. The summed E-state index contributed by atoms with van der Waals surface area (Å²) >= 11 is 7.99. The Bertz CT molecular complexity index is 1910. The second kappa shape index (κ2) is 13.1. The van der Waals surface area contributed by atoms with E-state index in [9.17, 15) is 22.8 Å². The average Bonchev–Trinajstić information content (AvgIpc) is 3.86. The highest BCUT2D eigenvalue weighted by Gasteiger charge is 2.43. The average molecular weight is 697 g/mol. The Labute approximate surface area is 281 Å². The predicted octanol–water partition coefficient (Wildman–Crippen LogP) is 6.06. The number of amidine groups is 1. The van der Waals surface area contributed by atoms with Crippen LogP contribution in [0.4, 0.5) is 23.7 Å². The number of carbonyl (C=O) groups is 2. The fourth-order valence-electron chi connectivity index (χ4n) is 6.37. The van der Waals surface area contributed by atoms with Gasteiger partial charge in [-0.2, -0.15) is 13.9 Å². The van der Waals surface area contributed by atoms with Crippen LogP contribution in [-0.4, -0.2) is 91.2 Å². The number of benzene rings is 2. The molecule has 11 nitrogen and oxygen atoms in total. The van der Waals surface area contributed by atoms with Crippen molar-refractivity contribution in [2.45, 2.75) is 25.1 Å². The van der Waals surface area contributed by atoms with E-state index in [0.717, 1.165) is 5.70 Å². The molecule has 2 amide bonds. The highest BCUT2D eigenvalue weighted by atomic mass is 35.5. The van der Waals surface area contributed by atoms with Gasteiger partial charge in [0.05, 0.1) is 11.3 Å². The Morgan fingerprint density at radius 3 is 2.48 bits per heavy atom. The largest absolute Gasteiger partial charge is 0.478 e. The second-order valence-corrected chi connectivity index (χ2v) is 12.8. The minimum atomic E-state index is -2.83. The normalized spacial score (nSPS) is 19.9. The molecule has 2 N–H and O–H groups in total. The number of carboxylic acids is 1. The molecule has 5 heterocycles. The fourth-order valence-corrected chi connectivity index (χ4v) is 7.28. The number of nitrogens with one attached hydrogen (secondary N) is 1. The van der Waals surface area contributed by atoms with Gasteiger partial charge in [0, 0.05) is 90.5 Å². The van der Waals surface area contributed by atoms with E-state index in [1.807, 2.05) is 5.38 Å². The molecule has 0 unspecified atom stereocenters. The van der Waals surface area contributed by atoms with Crippen molar-refractivity contribution in [1.29, 1.82) is 0 Å². The molecule has 3 aliphatic rings. The molecular weight excluding hydrogens is 669 g/mol. The minimum Gasteiger partial charge on any atom is -0.478 e. The van der Waals surface area contributed by atoms with E-state index in [0.29, 0.717) is 77.2 Å². The third-order valence-electron chi connectivity index (χ3n) is 8.71. The Hall–Kier alpha value is -4.73. The van der Waals surface area contributed by atoms with Gasteiger partial charge in [-0.1, -0.05) is 17.7 Å². The zero-order chi connectivity index (χ0) is 33.5. The Morgan fingerprint density at radius 1 is 1.06 bits per heavy atom. The van der Waals surface area contributed by atoms with Crippen LogP contribution in [0.25, 0.3) is 5.57 Å². The molecule has 0 spiro atoms. The summed E-state index contributed by atoms with van der Waals surface area (Å²) in [6.07, 6.45) is 3.45. The molecule has 0 aliphatic carbocycles. The molecule has 248 valence electrons. The Kier molecular flexibility index (Phi) is 8.66. The standard InChI is InChI=1S/C32H28ClF3N8O3S/c33-23-15-19(34)3-6-22(23)27-26(24-7-9-44(40-24)31(35)36)25-16-21(17-43(25)28(39-27)29-37-8-14-48-29)41-10-12-42(13-11-41)32(47)38-20-4-1-18(2-5-20)30(45)46/h1-9,14-15,21,27,31H,10-13,16-17H2,(H,38,47)(H,45,46)/t21-,27-/m0/s1. The van der Waals surface area contributed by atoms with E-state index < -0.39 is 24.4 Å². The van der Waals surface area contributed by atoms with Crippen LogP contribution < -0.4 is 5.32 Å². The molecule has 0 radical (unpaired) electrons. The van der Waals surface area contributed by atoms with Gasteiger partial charge < -0.3 is 20.2 Å². The summed E-state index contributed by atoms with van der Waals surface area (Å²) < 4.78 is 42.1. The maximum atomic E-state index is 14.1. The summed E-state index contributed by atoms with van der Waals surface area (Å²) in [5, 5.41) is 18.8. The van der Waals surface area contributed by atoms with Gasteiger partial charge in [0.1, 0.15) is 11.9 Å². The van der Waals surface area contributed by atoms with Gasteiger partial charge in [-0.05, 0) is 42.5 Å². The monoisotopic (exact) mass is 696 g/mol. The molecule has 2 aromatic heterocycles. The zero-order valence-corrected chi connectivity index (χ0v) is 26.7. The number of piperazine rings is 1. The molecule has 2 saturated heterocycles. The number of rotatable bonds is 7. The number of halogens is 4. The Morgan fingerprint density at radius 2 is 1.83 bits per heavy atom. The van der Waals surface area contributed by atoms with Gasteiger partial charge in [-0.15, -0.1) is 11.3 Å². The second-order valence-electron chi connectivity index (χ2n) is 11.5. The van der Waals surface area contributed by atoms with Crippen molar-refractivity contribution >= 4 is 52.0 Å². The first-order chi connectivity index (χ1) is 23.2. The number of hydrogen-bond donors (Lipinski definition) is 2. The zero-order valence-electron chi connectivity index (χ0n) is 25.1.